The number of nitrogen functional groups attached to an aromatic ring is 1. The minimum Gasteiger partial charge on any atom is -0.349 e. The van der Waals surface area contributed by atoms with Crippen molar-refractivity contribution in [2.75, 3.05) is 5.43 Å². The van der Waals surface area contributed by atoms with Gasteiger partial charge in [0.15, 0.2) is 0 Å². The fourth-order valence-electron chi connectivity index (χ4n) is 2.82. The highest BCUT2D eigenvalue weighted by molar-refractivity contribution is 5.96. The van der Waals surface area contributed by atoms with E-state index >= 15 is 0 Å². The molecule has 1 aromatic rings. The molecule has 7 nitrogen and oxygen atoms in total. The summed E-state index contributed by atoms with van der Waals surface area (Å²) < 4.78 is 0. The Labute approximate surface area is 123 Å². The highest BCUT2D eigenvalue weighted by atomic mass is 16.6. The van der Waals surface area contributed by atoms with Crippen LogP contribution >= 0.6 is 0 Å². The third kappa shape index (κ3) is 3.49. The minimum absolute atomic E-state index is 0.101. The van der Waals surface area contributed by atoms with Crippen LogP contribution in [0.1, 0.15) is 43.0 Å². The molecule has 1 aliphatic rings. The van der Waals surface area contributed by atoms with Crippen LogP contribution in [-0.4, -0.2) is 16.9 Å². The number of carbonyl (C=O) groups excluding carboxylic acids is 1. The van der Waals surface area contributed by atoms with Crippen molar-refractivity contribution in [2.24, 2.45) is 11.8 Å². The van der Waals surface area contributed by atoms with Crippen molar-refractivity contribution in [2.45, 2.75) is 38.6 Å². The fraction of sp³-hybridized carbons (Fsp3) is 0.500. The predicted molar refractivity (Wildman–Crippen MR) is 79.8 cm³/mol. The van der Waals surface area contributed by atoms with E-state index in [1.54, 1.807) is 0 Å². The monoisotopic (exact) mass is 292 g/mol. The number of nitro benzene ring substituents is 1. The summed E-state index contributed by atoms with van der Waals surface area (Å²) in [6.45, 7) is 2.00. The second kappa shape index (κ2) is 6.53. The molecule has 1 amide bonds. The van der Waals surface area contributed by atoms with Crippen LogP contribution in [0.2, 0.25) is 0 Å². The van der Waals surface area contributed by atoms with Gasteiger partial charge in [0.05, 0.1) is 4.92 Å². The normalized spacial score (nSPS) is 16.5. The molecule has 0 aliphatic heterocycles. The van der Waals surface area contributed by atoms with Gasteiger partial charge < -0.3 is 10.7 Å². The molecule has 0 bridgehead atoms. The fourth-order valence-corrected chi connectivity index (χ4v) is 2.82. The Morgan fingerprint density at radius 1 is 1.43 bits per heavy atom. The first-order chi connectivity index (χ1) is 10.0. The molecule has 21 heavy (non-hydrogen) atoms. The number of nitro groups is 1. The number of benzene rings is 1. The second-order valence-corrected chi connectivity index (χ2v) is 5.44. The van der Waals surface area contributed by atoms with Crippen LogP contribution in [0.3, 0.4) is 0 Å². The minimum atomic E-state index is -0.544. The Kier molecular flexibility index (Phi) is 4.74. The molecule has 114 valence electrons. The Balaban J connectivity index is 2.10. The van der Waals surface area contributed by atoms with Gasteiger partial charge in [-0.1, -0.05) is 12.8 Å². The van der Waals surface area contributed by atoms with E-state index in [1.807, 2.05) is 6.92 Å². The van der Waals surface area contributed by atoms with Crippen molar-refractivity contribution in [1.29, 1.82) is 0 Å². The van der Waals surface area contributed by atoms with Crippen LogP contribution in [0, 0.1) is 16.0 Å². The molecular formula is C14H20N4O3. The van der Waals surface area contributed by atoms with E-state index in [0.29, 0.717) is 11.5 Å². The summed E-state index contributed by atoms with van der Waals surface area (Å²) >= 11 is 0. The Morgan fingerprint density at radius 2 is 2.10 bits per heavy atom. The van der Waals surface area contributed by atoms with Gasteiger partial charge in [-0.2, -0.15) is 0 Å². The highest BCUT2D eigenvalue weighted by Crippen LogP contribution is 2.28. The quantitative estimate of drug-likeness (QED) is 0.437. The van der Waals surface area contributed by atoms with Crippen molar-refractivity contribution < 1.29 is 9.72 Å². The zero-order valence-corrected chi connectivity index (χ0v) is 12.0. The van der Waals surface area contributed by atoms with Crippen LogP contribution in [0.5, 0.6) is 0 Å². The van der Waals surface area contributed by atoms with E-state index in [4.69, 9.17) is 5.84 Å². The molecule has 0 radical (unpaired) electrons. The summed E-state index contributed by atoms with van der Waals surface area (Å²) in [7, 11) is 0. The Bertz CT molecular complexity index is 541. The predicted octanol–water partition coefficient (Wildman–Crippen LogP) is 2.19. The number of hydrogen-bond acceptors (Lipinski definition) is 5. The Morgan fingerprint density at radius 3 is 2.67 bits per heavy atom. The number of rotatable bonds is 5. The molecule has 1 aromatic carbocycles. The van der Waals surface area contributed by atoms with Gasteiger partial charge in [-0.15, -0.1) is 0 Å². The van der Waals surface area contributed by atoms with Gasteiger partial charge in [0.2, 0.25) is 0 Å². The first-order valence-corrected chi connectivity index (χ1v) is 7.09. The van der Waals surface area contributed by atoms with Gasteiger partial charge in [-0.3, -0.25) is 20.8 Å². The van der Waals surface area contributed by atoms with Crippen LogP contribution in [0.25, 0.3) is 0 Å². The van der Waals surface area contributed by atoms with E-state index in [9.17, 15) is 14.9 Å². The largest absolute Gasteiger partial charge is 0.349 e. The van der Waals surface area contributed by atoms with Gasteiger partial charge in [-0.05, 0) is 37.8 Å². The van der Waals surface area contributed by atoms with Crippen molar-refractivity contribution in [3.8, 4) is 0 Å². The summed E-state index contributed by atoms with van der Waals surface area (Å²) in [5.74, 6) is 5.55. The van der Waals surface area contributed by atoms with Gasteiger partial charge in [0.1, 0.15) is 5.69 Å². The van der Waals surface area contributed by atoms with E-state index in [1.165, 1.54) is 31.0 Å². The lowest BCUT2D eigenvalue weighted by molar-refractivity contribution is -0.384. The number of hydrogen-bond donors (Lipinski definition) is 3. The number of amides is 1. The lowest BCUT2D eigenvalue weighted by atomic mass is 9.99. The standard InChI is InChI=1S/C14H20N4O3/c1-9(10-4-2-3-5-10)16-14(19)11-6-7-13(18(20)21)12(8-11)17-15/h6-10,17H,2-5,15H2,1H3,(H,16,19). The van der Waals surface area contributed by atoms with Crippen LogP contribution < -0.4 is 16.6 Å². The van der Waals surface area contributed by atoms with Crippen molar-refractivity contribution in [1.82, 2.24) is 5.32 Å². The van der Waals surface area contributed by atoms with Gasteiger partial charge >= 0.3 is 0 Å². The number of nitrogens with one attached hydrogen (secondary N) is 2. The first kappa shape index (κ1) is 15.2. The third-order valence-corrected chi connectivity index (χ3v) is 4.08. The number of hydrazine groups is 1. The van der Waals surface area contributed by atoms with Crippen molar-refractivity contribution in [3.05, 3.63) is 33.9 Å². The zero-order chi connectivity index (χ0) is 15.4. The molecule has 0 saturated heterocycles. The average Bonchev–Trinajstić information content (AvgIpc) is 3.00. The zero-order valence-electron chi connectivity index (χ0n) is 12.0. The van der Waals surface area contributed by atoms with E-state index in [-0.39, 0.29) is 23.3 Å². The third-order valence-electron chi connectivity index (χ3n) is 4.08. The summed E-state index contributed by atoms with van der Waals surface area (Å²) in [5, 5.41) is 13.8. The van der Waals surface area contributed by atoms with E-state index in [0.717, 1.165) is 12.8 Å². The Hall–Kier alpha value is -2.15. The molecule has 1 atom stereocenters. The molecule has 0 heterocycles. The van der Waals surface area contributed by atoms with Crippen molar-refractivity contribution >= 4 is 17.3 Å². The SMILES string of the molecule is CC(NC(=O)c1ccc([N+](=O)[O-])c(NN)c1)C1CCCC1. The number of nitrogens with zero attached hydrogens (tertiary/aromatic N) is 1. The van der Waals surface area contributed by atoms with E-state index in [2.05, 4.69) is 10.7 Å². The van der Waals surface area contributed by atoms with Crippen LogP contribution in [0.15, 0.2) is 18.2 Å². The lowest BCUT2D eigenvalue weighted by Gasteiger charge is -2.20. The summed E-state index contributed by atoms with van der Waals surface area (Å²) in [5.41, 5.74) is 2.59. The van der Waals surface area contributed by atoms with Crippen LogP contribution in [0.4, 0.5) is 11.4 Å². The first-order valence-electron chi connectivity index (χ1n) is 7.09. The number of carbonyl (C=O) groups is 1. The van der Waals surface area contributed by atoms with Gasteiger partial charge in [0, 0.05) is 17.7 Å². The molecular weight excluding hydrogens is 272 g/mol. The van der Waals surface area contributed by atoms with Crippen LogP contribution in [-0.2, 0) is 0 Å². The van der Waals surface area contributed by atoms with Gasteiger partial charge in [0.25, 0.3) is 11.6 Å². The number of anilines is 1. The smallest absolute Gasteiger partial charge is 0.293 e. The molecule has 7 heteroatoms. The maximum absolute atomic E-state index is 12.2. The molecule has 1 fully saturated rings. The molecule has 0 aromatic heterocycles. The molecule has 0 spiro atoms. The highest BCUT2D eigenvalue weighted by Gasteiger charge is 2.24. The molecule has 1 saturated carbocycles. The molecule has 4 N–H and O–H groups in total. The molecule has 1 aliphatic carbocycles. The maximum atomic E-state index is 12.2. The average molecular weight is 292 g/mol. The van der Waals surface area contributed by atoms with Gasteiger partial charge in [-0.25, -0.2) is 0 Å². The summed E-state index contributed by atoms with van der Waals surface area (Å²) in [4.78, 5) is 22.5. The second-order valence-electron chi connectivity index (χ2n) is 5.44. The maximum Gasteiger partial charge on any atom is 0.293 e. The molecule has 1 unspecified atom stereocenters. The summed E-state index contributed by atoms with van der Waals surface area (Å²) in [6.07, 6.45) is 4.70. The lowest BCUT2D eigenvalue weighted by Crippen LogP contribution is -2.37. The van der Waals surface area contributed by atoms with E-state index < -0.39 is 4.92 Å². The summed E-state index contributed by atoms with van der Waals surface area (Å²) in [6, 6.07) is 4.22. The topological polar surface area (TPSA) is 110 Å². The van der Waals surface area contributed by atoms with Crippen molar-refractivity contribution in [3.63, 3.8) is 0 Å². The molecule has 2 rings (SSSR count). The number of nitrogens with two attached hydrogens (primary N) is 1.